The van der Waals surface area contributed by atoms with E-state index in [0.717, 1.165) is 16.6 Å². The molecule has 2 fully saturated rings. The van der Waals surface area contributed by atoms with Gasteiger partial charge in [0.2, 0.25) is 11.9 Å². The van der Waals surface area contributed by atoms with Crippen molar-refractivity contribution in [3.63, 3.8) is 0 Å². The van der Waals surface area contributed by atoms with Crippen molar-refractivity contribution in [2.24, 2.45) is 0 Å². The van der Waals surface area contributed by atoms with E-state index in [2.05, 4.69) is 27.1 Å². The fourth-order valence-corrected chi connectivity index (χ4v) is 4.59. The minimum Gasteiger partial charge on any atom is -0.378 e. The number of aromatic nitrogens is 3. The first-order valence-electron chi connectivity index (χ1n) is 12.0. The second-order valence-corrected chi connectivity index (χ2v) is 9.09. The van der Waals surface area contributed by atoms with Gasteiger partial charge in [-0.15, -0.1) is 0 Å². The molecule has 35 heavy (non-hydrogen) atoms. The third kappa shape index (κ3) is 4.79. The minimum atomic E-state index is -0.283. The van der Waals surface area contributed by atoms with E-state index in [-0.39, 0.29) is 11.8 Å². The van der Waals surface area contributed by atoms with E-state index in [1.165, 1.54) is 5.56 Å². The fourth-order valence-electron chi connectivity index (χ4n) is 4.59. The number of carbonyl (C=O) groups is 2. The number of aromatic amines is 1. The van der Waals surface area contributed by atoms with Crippen molar-refractivity contribution >= 4 is 40.2 Å². The van der Waals surface area contributed by atoms with Gasteiger partial charge in [-0.3, -0.25) is 9.59 Å². The number of hydrogen-bond donors (Lipinski definition) is 2. The Morgan fingerprint density at radius 2 is 1.71 bits per heavy atom. The lowest BCUT2D eigenvalue weighted by Crippen LogP contribution is -2.48. The van der Waals surface area contributed by atoms with E-state index in [1.807, 2.05) is 34.9 Å². The Hall–Kier alpha value is -3.66. The van der Waals surface area contributed by atoms with Crippen molar-refractivity contribution in [2.75, 3.05) is 67.6 Å². The molecule has 10 nitrogen and oxygen atoms in total. The van der Waals surface area contributed by atoms with Gasteiger partial charge in [-0.25, -0.2) is 4.98 Å². The zero-order valence-electron chi connectivity index (χ0n) is 20.4. The van der Waals surface area contributed by atoms with Gasteiger partial charge >= 0.3 is 0 Å². The molecule has 2 aromatic heterocycles. The summed E-state index contributed by atoms with van der Waals surface area (Å²) in [6, 6.07) is 7.59. The van der Waals surface area contributed by atoms with Gasteiger partial charge in [0, 0.05) is 74.5 Å². The molecule has 2 N–H and O–H groups in total. The highest BCUT2D eigenvalue weighted by Crippen LogP contribution is 2.26. The number of amides is 2. The van der Waals surface area contributed by atoms with Gasteiger partial charge in [0.05, 0.1) is 13.2 Å². The van der Waals surface area contributed by atoms with E-state index in [0.29, 0.717) is 75.6 Å². The SMILES string of the molecule is CC(=O)N1CCN(c2cc(C(=O)Nc3ccc4[nH]c(C)c(C)c4c3)nc(N3CCOCC3)n2)CC1. The second-order valence-electron chi connectivity index (χ2n) is 9.09. The highest BCUT2D eigenvalue weighted by atomic mass is 16.5. The molecule has 0 radical (unpaired) electrons. The molecule has 0 spiro atoms. The molecule has 184 valence electrons. The number of morpholine rings is 1. The maximum Gasteiger partial charge on any atom is 0.274 e. The minimum absolute atomic E-state index is 0.0752. The quantitative estimate of drug-likeness (QED) is 0.594. The molecule has 2 aliphatic rings. The van der Waals surface area contributed by atoms with Crippen molar-refractivity contribution in [2.45, 2.75) is 20.8 Å². The van der Waals surface area contributed by atoms with Crippen LogP contribution in [0.4, 0.5) is 17.5 Å². The Labute approximate surface area is 204 Å². The predicted molar refractivity (Wildman–Crippen MR) is 135 cm³/mol. The molecule has 5 rings (SSSR count). The van der Waals surface area contributed by atoms with Gasteiger partial charge in [-0.1, -0.05) is 0 Å². The van der Waals surface area contributed by atoms with Crippen LogP contribution in [0, 0.1) is 13.8 Å². The van der Waals surface area contributed by atoms with Crippen LogP contribution in [-0.2, 0) is 9.53 Å². The van der Waals surface area contributed by atoms with Crippen molar-refractivity contribution in [3.8, 4) is 0 Å². The number of nitrogens with zero attached hydrogens (tertiary/aromatic N) is 5. The number of rotatable bonds is 4. The topological polar surface area (TPSA) is 107 Å². The number of benzene rings is 1. The second kappa shape index (κ2) is 9.53. The number of nitrogens with one attached hydrogen (secondary N) is 2. The molecule has 4 heterocycles. The maximum atomic E-state index is 13.3. The smallest absolute Gasteiger partial charge is 0.274 e. The lowest BCUT2D eigenvalue weighted by atomic mass is 10.1. The van der Waals surface area contributed by atoms with Crippen LogP contribution in [0.5, 0.6) is 0 Å². The molecule has 2 saturated heterocycles. The Bertz CT molecular complexity index is 1260. The summed E-state index contributed by atoms with van der Waals surface area (Å²) in [6.07, 6.45) is 0. The lowest BCUT2D eigenvalue weighted by molar-refractivity contribution is -0.129. The molecule has 0 unspecified atom stereocenters. The van der Waals surface area contributed by atoms with Crippen LogP contribution < -0.4 is 15.1 Å². The molecular formula is C25H31N7O3. The number of hydrogen-bond acceptors (Lipinski definition) is 7. The zero-order chi connectivity index (χ0) is 24.5. The zero-order valence-corrected chi connectivity index (χ0v) is 20.4. The average molecular weight is 478 g/mol. The maximum absolute atomic E-state index is 13.3. The first kappa shape index (κ1) is 23.1. The highest BCUT2D eigenvalue weighted by molar-refractivity contribution is 6.04. The van der Waals surface area contributed by atoms with Crippen LogP contribution in [0.15, 0.2) is 24.3 Å². The molecule has 0 saturated carbocycles. The largest absolute Gasteiger partial charge is 0.378 e. The number of H-pyrrole nitrogens is 1. The van der Waals surface area contributed by atoms with Crippen molar-refractivity contribution in [3.05, 3.63) is 41.2 Å². The summed E-state index contributed by atoms with van der Waals surface area (Å²) in [7, 11) is 0. The van der Waals surface area contributed by atoms with Gasteiger partial charge < -0.3 is 29.7 Å². The van der Waals surface area contributed by atoms with Gasteiger partial charge in [0.1, 0.15) is 11.5 Å². The van der Waals surface area contributed by atoms with Crippen LogP contribution in [-0.4, -0.2) is 84.1 Å². The summed E-state index contributed by atoms with van der Waals surface area (Å²) in [4.78, 5) is 43.8. The molecular weight excluding hydrogens is 446 g/mol. The number of fused-ring (bicyclic) bond motifs is 1. The van der Waals surface area contributed by atoms with E-state index in [4.69, 9.17) is 9.72 Å². The Balaban J connectivity index is 1.42. The molecule has 10 heteroatoms. The Kier molecular flexibility index (Phi) is 6.29. The van der Waals surface area contributed by atoms with E-state index in [1.54, 1.807) is 13.0 Å². The number of ether oxygens (including phenoxy) is 1. The van der Waals surface area contributed by atoms with Gasteiger partial charge in [0.15, 0.2) is 0 Å². The summed E-state index contributed by atoms with van der Waals surface area (Å²) in [5.74, 6) is 1.01. The molecule has 1 aromatic carbocycles. The average Bonchev–Trinajstić information content (AvgIpc) is 3.17. The summed E-state index contributed by atoms with van der Waals surface area (Å²) < 4.78 is 5.48. The normalized spacial score (nSPS) is 16.6. The monoisotopic (exact) mass is 477 g/mol. The van der Waals surface area contributed by atoms with Crippen LogP contribution in [0.2, 0.25) is 0 Å². The van der Waals surface area contributed by atoms with Crippen molar-refractivity contribution < 1.29 is 14.3 Å². The molecule has 0 atom stereocenters. The van der Waals surface area contributed by atoms with Crippen LogP contribution >= 0.6 is 0 Å². The van der Waals surface area contributed by atoms with Crippen LogP contribution in [0.3, 0.4) is 0 Å². The number of piperazine rings is 1. The summed E-state index contributed by atoms with van der Waals surface area (Å²) in [5.41, 5.74) is 4.35. The first-order valence-corrected chi connectivity index (χ1v) is 12.0. The standard InChI is InChI=1S/C25H31N7O3/c1-16-17(2)26-21-5-4-19(14-20(16)21)27-24(34)22-15-23(31-8-6-30(7-9-31)18(3)33)29-25(28-22)32-10-12-35-13-11-32/h4-5,14-15,26H,6-13H2,1-3H3,(H,27,34). The summed E-state index contributed by atoms with van der Waals surface area (Å²) in [5, 5.41) is 4.10. The first-order chi connectivity index (χ1) is 16.9. The number of carbonyl (C=O) groups excluding carboxylic acids is 2. The summed E-state index contributed by atoms with van der Waals surface area (Å²) >= 11 is 0. The van der Waals surface area contributed by atoms with E-state index < -0.39 is 0 Å². The fraction of sp³-hybridized carbons (Fsp3) is 0.440. The molecule has 3 aromatic rings. The highest BCUT2D eigenvalue weighted by Gasteiger charge is 2.24. The van der Waals surface area contributed by atoms with E-state index >= 15 is 0 Å². The lowest BCUT2D eigenvalue weighted by Gasteiger charge is -2.35. The Morgan fingerprint density at radius 3 is 2.43 bits per heavy atom. The molecule has 0 bridgehead atoms. The number of aryl methyl sites for hydroxylation is 2. The third-order valence-electron chi connectivity index (χ3n) is 6.84. The Morgan fingerprint density at radius 1 is 0.971 bits per heavy atom. The van der Waals surface area contributed by atoms with Crippen LogP contribution in [0.1, 0.15) is 28.7 Å². The summed E-state index contributed by atoms with van der Waals surface area (Å²) in [6.45, 7) is 10.8. The molecule has 2 amide bonds. The molecule has 0 aliphatic carbocycles. The third-order valence-corrected chi connectivity index (χ3v) is 6.84. The van der Waals surface area contributed by atoms with Gasteiger partial charge in [-0.05, 0) is 37.6 Å². The number of anilines is 3. The van der Waals surface area contributed by atoms with E-state index in [9.17, 15) is 9.59 Å². The van der Waals surface area contributed by atoms with Gasteiger partial charge in [-0.2, -0.15) is 4.98 Å². The van der Waals surface area contributed by atoms with Crippen molar-refractivity contribution in [1.82, 2.24) is 19.9 Å². The predicted octanol–water partition coefficient (Wildman–Crippen LogP) is 2.33. The van der Waals surface area contributed by atoms with Crippen molar-refractivity contribution in [1.29, 1.82) is 0 Å². The van der Waals surface area contributed by atoms with Gasteiger partial charge in [0.25, 0.3) is 5.91 Å². The van der Waals surface area contributed by atoms with Crippen LogP contribution in [0.25, 0.3) is 10.9 Å². The molecule has 2 aliphatic heterocycles.